The Labute approximate surface area is 141 Å². The smallest absolute Gasteiger partial charge is 0.257 e. The van der Waals surface area contributed by atoms with Crippen LogP contribution in [-0.4, -0.2) is 49.1 Å². The van der Waals surface area contributed by atoms with Gasteiger partial charge in [-0.2, -0.15) is 11.8 Å². The molecule has 2 rings (SSSR count). The lowest BCUT2D eigenvalue weighted by Gasteiger charge is -2.33. The molecule has 1 atom stereocenters. The van der Waals surface area contributed by atoms with Crippen LogP contribution in [-0.2, 0) is 0 Å². The van der Waals surface area contributed by atoms with Crippen molar-refractivity contribution in [3.8, 4) is 5.75 Å². The van der Waals surface area contributed by atoms with E-state index in [1.165, 1.54) is 6.42 Å². The molecule has 1 saturated heterocycles. The van der Waals surface area contributed by atoms with E-state index >= 15 is 0 Å². The average molecular weight is 343 g/mol. The molecule has 4 nitrogen and oxygen atoms in total. The Bertz CT molecular complexity index is 511. The van der Waals surface area contributed by atoms with Crippen molar-refractivity contribution in [1.82, 2.24) is 4.90 Å². The van der Waals surface area contributed by atoms with E-state index in [9.17, 15) is 4.79 Å². The molecular weight excluding hydrogens is 320 g/mol. The van der Waals surface area contributed by atoms with Gasteiger partial charge in [0, 0.05) is 24.7 Å². The summed E-state index contributed by atoms with van der Waals surface area (Å²) < 4.78 is 5.59. The van der Waals surface area contributed by atoms with Gasteiger partial charge in [-0.25, -0.2) is 0 Å². The number of thioether (sulfide) groups is 1. The summed E-state index contributed by atoms with van der Waals surface area (Å²) in [6.07, 6.45) is 4.35. The minimum absolute atomic E-state index is 0.000300. The first-order valence-corrected chi connectivity index (χ1v) is 9.33. The van der Waals surface area contributed by atoms with E-state index in [0.29, 0.717) is 35.4 Å². The second kappa shape index (κ2) is 8.65. The number of nitrogens with zero attached hydrogens (tertiary/aromatic N) is 1. The van der Waals surface area contributed by atoms with Crippen molar-refractivity contribution < 1.29 is 9.53 Å². The molecule has 6 heteroatoms. The van der Waals surface area contributed by atoms with Gasteiger partial charge in [0.25, 0.3) is 5.91 Å². The number of carbonyl (C=O) groups excluding carboxylic acids is 1. The number of nitrogens with two attached hydrogens (primary N) is 1. The molecule has 1 heterocycles. The quantitative estimate of drug-likeness (QED) is 0.863. The first kappa shape index (κ1) is 17.4. The van der Waals surface area contributed by atoms with Crippen molar-refractivity contribution in [2.24, 2.45) is 11.7 Å². The molecule has 0 aliphatic carbocycles. The molecule has 0 saturated carbocycles. The molecular formula is C16H23ClN2O2S. The lowest BCUT2D eigenvalue weighted by Crippen LogP contribution is -2.40. The van der Waals surface area contributed by atoms with Gasteiger partial charge in [0.2, 0.25) is 0 Å². The number of halogens is 1. The molecule has 0 bridgehead atoms. The summed E-state index contributed by atoms with van der Waals surface area (Å²) >= 11 is 7.89. The zero-order valence-electron chi connectivity index (χ0n) is 12.9. The Kier molecular flexibility index (Phi) is 6.86. The minimum Gasteiger partial charge on any atom is -0.491 e. The summed E-state index contributed by atoms with van der Waals surface area (Å²) in [6.45, 7) is 2.40. The molecule has 22 heavy (non-hydrogen) atoms. The van der Waals surface area contributed by atoms with Crippen LogP contribution in [0.25, 0.3) is 0 Å². The number of amides is 1. The first-order valence-electron chi connectivity index (χ1n) is 7.56. The third-order valence-corrected chi connectivity index (χ3v) is 4.80. The highest BCUT2D eigenvalue weighted by atomic mass is 35.5. The van der Waals surface area contributed by atoms with Crippen LogP contribution in [0.5, 0.6) is 5.75 Å². The minimum atomic E-state index is 0.000300. The fraction of sp³-hybridized carbons (Fsp3) is 0.562. The fourth-order valence-corrected chi connectivity index (χ4v) is 3.67. The zero-order chi connectivity index (χ0) is 15.9. The Morgan fingerprint density at radius 1 is 1.55 bits per heavy atom. The van der Waals surface area contributed by atoms with Crippen molar-refractivity contribution in [2.45, 2.75) is 12.8 Å². The second-order valence-corrected chi connectivity index (χ2v) is 6.84. The van der Waals surface area contributed by atoms with Crippen molar-refractivity contribution in [3.05, 3.63) is 28.8 Å². The van der Waals surface area contributed by atoms with Crippen LogP contribution in [0.3, 0.4) is 0 Å². The van der Waals surface area contributed by atoms with Crippen LogP contribution in [0.1, 0.15) is 23.2 Å². The van der Waals surface area contributed by atoms with Crippen molar-refractivity contribution in [3.63, 3.8) is 0 Å². The van der Waals surface area contributed by atoms with Crippen LogP contribution >= 0.6 is 23.4 Å². The number of hydrogen-bond donors (Lipinski definition) is 1. The monoisotopic (exact) mass is 342 g/mol. The summed E-state index contributed by atoms with van der Waals surface area (Å²) in [7, 11) is 0. The van der Waals surface area contributed by atoms with Gasteiger partial charge < -0.3 is 15.4 Å². The largest absolute Gasteiger partial charge is 0.491 e. The molecule has 0 radical (unpaired) electrons. The number of hydrogen-bond acceptors (Lipinski definition) is 4. The Balaban J connectivity index is 2.15. The molecule has 0 aromatic heterocycles. The topological polar surface area (TPSA) is 55.6 Å². The number of ether oxygens (including phenoxy) is 1. The first-order chi connectivity index (χ1) is 10.7. The third kappa shape index (κ3) is 4.54. The summed E-state index contributed by atoms with van der Waals surface area (Å²) in [5.74, 6) is 2.23. The van der Waals surface area contributed by atoms with Gasteiger partial charge in [-0.05, 0) is 49.0 Å². The van der Waals surface area contributed by atoms with Crippen molar-refractivity contribution in [2.75, 3.05) is 38.2 Å². The summed E-state index contributed by atoms with van der Waals surface area (Å²) in [4.78, 5) is 14.8. The van der Waals surface area contributed by atoms with E-state index in [2.05, 4.69) is 6.26 Å². The van der Waals surface area contributed by atoms with Gasteiger partial charge in [0.05, 0.1) is 5.56 Å². The zero-order valence-corrected chi connectivity index (χ0v) is 14.5. The standard InChI is InChI=1S/C16H23ClN2O2S/c1-22-11-12-3-2-7-19(10-12)16(20)14-9-13(17)4-5-15(14)21-8-6-18/h4-5,9,12H,2-3,6-8,10-11,18H2,1H3. The average Bonchev–Trinajstić information content (AvgIpc) is 2.53. The molecule has 1 amide bonds. The fourth-order valence-electron chi connectivity index (χ4n) is 2.76. The van der Waals surface area contributed by atoms with E-state index in [0.717, 1.165) is 25.3 Å². The highest BCUT2D eigenvalue weighted by Gasteiger charge is 2.26. The predicted molar refractivity (Wildman–Crippen MR) is 93.0 cm³/mol. The molecule has 1 aliphatic heterocycles. The van der Waals surface area contributed by atoms with Gasteiger partial charge in [-0.1, -0.05) is 11.6 Å². The summed E-state index contributed by atoms with van der Waals surface area (Å²) in [6, 6.07) is 5.17. The molecule has 1 aliphatic rings. The second-order valence-electron chi connectivity index (χ2n) is 5.49. The van der Waals surface area contributed by atoms with E-state index in [1.54, 1.807) is 18.2 Å². The Morgan fingerprint density at radius 2 is 2.36 bits per heavy atom. The highest BCUT2D eigenvalue weighted by molar-refractivity contribution is 7.98. The Morgan fingerprint density at radius 3 is 3.09 bits per heavy atom. The van der Waals surface area contributed by atoms with Crippen LogP contribution in [0, 0.1) is 5.92 Å². The molecule has 1 aromatic rings. The number of likely N-dealkylation sites (tertiary alicyclic amines) is 1. The van der Waals surface area contributed by atoms with Gasteiger partial charge in [0.1, 0.15) is 12.4 Å². The maximum atomic E-state index is 12.8. The van der Waals surface area contributed by atoms with Crippen LogP contribution < -0.4 is 10.5 Å². The van der Waals surface area contributed by atoms with Gasteiger partial charge >= 0.3 is 0 Å². The number of rotatable bonds is 6. The molecule has 0 spiro atoms. The summed E-state index contributed by atoms with van der Waals surface area (Å²) in [5.41, 5.74) is 6.01. The van der Waals surface area contributed by atoms with Crippen molar-refractivity contribution >= 4 is 29.3 Å². The van der Waals surface area contributed by atoms with E-state index in [4.69, 9.17) is 22.1 Å². The number of benzene rings is 1. The van der Waals surface area contributed by atoms with Crippen LogP contribution in [0.2, 0.25) is 5.02 Å². The number of carbonyl (C=O) groups is 1. The molecule has 1 aromatic carbocycles. The SMILES string of the molecule is CSCC1CCCN(C(=O)c2cc(Cl)ccc2OCCN)C1. The number of piperidine rings is 1. The predicted octanol–water partition coefficient (Wildman–Crippen LogP) is 2.89. The maximum absolute atomic E-state index is 12.8. The van der Waals surface area contributed by atoms with E-state index in [-0.39, 0.29) is 5.91 Å². The summed E-state index contributed by atoms with van der Waals surface area (Å²) in [5, 5.41) is 0.543. The molecule has 2 N–H and O–H groups in total. The Hall–Kier alpha value is -0.910. The van der Waals surface area contributed by atoms with Gasteiger partial charge in [0.15, 0.2) is 0 Å². The lowest BCUT2D eigenvalue weighted by molar-refractivity contribution is 0.0681. The molecule has 1 fully saturated rings. The van der Waals surface area contributed by atoms with E-state index in [1.807, 2.05) is 16.7 Å². The highest BCUT2D eigenvalue weighted by Crippen LogP contribution is 2.27. The van der Waals surface area contributed by atoms with Crippen LogP contribution in [0.15, 0.2) is 18.2 Å². The van der Waals surface area contributed by atoms with Gasteiger partial charge in [-0.3, -0.25) is 4.79 Å². The maximum Gasteiger partial charge on any atom is 0.257 e. The molecule has 122 valence electrons. The molecule has 1 unspecified atom stereocenters. The lowest BCUT2D eigenvalue weighted by atomic mass is 9.99. The van der Waals surface area contributed by atoms with E-state index < -0.39 is 0 Å². The third-order valence-electron chi connectivity index (χ3n) is 3.76. The van der Waals surface area contributed by atoms with Gasteiger partial charge in [-0.15, -0.1) is 0 Å². The van der Waals surface area contributed by atoms with Crippen LogP contribution in [0.4, 0.5) is 0 Å². The normalized spacial score (nSPS) is 18.3. The van der Waals surface area contributed by atoms with Crippen molar-refractivity contribution in [1.29, 1.82) is 0 Å².